The standard InChI is InChI=1S/C13H12F3NS/c1-7(17-2)10-5-6-11(18-10)8-3-4-9(14)13(16)12(8)15/h3-7,17H,1-2H3. The first-order valence-corrected chi connectivity index (χ1v) is 6.27. The van der Waals surface area contributed by atoms with Crippen molar-refractivity contribution in [2.45, 2.75) is 13.0 Å². The van der Waals surface area contributed by atoms with E-state index >= 15 is 0 Å². The monoisotopic (exact) mass is 271 g/mol. The zero-order valence-electron chi connectivity index (χ0n) is 9.93. The highest BCUT2D eigenvalue weighted by atomic mass is 32.1. The van der Waals surface area contributed by atoms with E-state index in [-0.39, 0.29) is 11.6 Å². The molecule has 0 radical (unpaired) electrons. The topological polar surface area (TPSA) is 12.0 Å². The van der Waals surface area contributed by atoms with E-state index in [0.717, 1.165) is 10.9 Å². The smallest absolute Gasteiger partial charge is 0.195 e. The second-order valence-electron chi connectivity index (χ2n) is 3.94. The lowest BCUT2D eigenvalue weighted by atomic mass is 10.1. The summed E-state index contributed by atoms with van der Waals surface area (Å²) in [6.07, 6.45) is 0. The number of hydrogen-bond donors (Lipinski definition) is 1. The van der Waals surface area contributed by atoms with Crippen LogP contribution in [0.25, 0.3) is 10.4 Å². The Morgan fingerprint density at radius 1 is 1.06 bits per heavy atom. The van der Waals surface area contributed by atoms with Gasteiger partial charge in [0.05, 0.1) is 0 Å². The van der Waals surface area contributed by atoms with Crippen LogP contribution in [0.5, 0.6) is 0 Å². The van der Waals surface area contributed by atoms with E-state index in [9.17, 15) is 13.2 Å². The van der Waals surface area contributed by atoms with Crippen LogP contribution in [-0.2, 0) is 0 Å². The Bertz CT molecular complexity index is 565. The molecule has 0 aliphatic carbocycles. The Morgan fingerprint density at radius 2 is 1.78 bits per heavy atom. The summed E-state index contributed by atoms with van der Waals surface area (Å²) >= 11 is 1.36. The van der Waals surface area contributed by atoms with Crippen molar-refractivity contribution in [3.8, 4) is 10.4 Å². The van der Waals surface area contributed by atoms with Gasteiger partial charge in [0.25, 0.3) is 0 Å². The molecule has 5 heteroatoms. The van der Waals surface area contributed by atoms with E-state index in [0.29, 0.717) is 4.88 Å². The summed E-state index contributed by atoms with van der Waals surface area (Å²) in [6.45, 7) is 1.97. The number of halogens is 3. The molecule has 0 aliphatic rings. The quantitative estimate of drug-likeness (QED) is 0.828. The summed E-state index contributed by atoms with van der Waals surface area (Å²) in [6, 6.07) is 5.89. The number of benzene rings is 1. The molecule has 2 aromatic rings. The molecule has 18 heavy (non-hydrogen) atoms. The maximum atomic E-state index is 13.6. The Balaban J connectivity index is 2.43. The predicted octanol–water partition coefficient (Wildman–Crippen LogP) is 4.11. The van der Waals surface area contributed by atoms with Crippen molar-refractivity contribution in [3.63, 3.8) is 0 Å². The molecular formula is C13H12F3NS. The minimum Gasteiger partial charge on any atom is -0.313 e. The number of nitrogens with one attached hydrogen (secondary N) is 1. The van der Waals surface area contributed by atoms with Crippen molar-refractivity contribution in [2.75, 3.05) is 7.05 Å². The first-order chi connectivity index (χ1) is 8.54. The van der Waals surface area contributed by atoms with E-state index in [1.165, 1.54) is 17.4 Å². The number of rotatable bonds is 3. The largest absolute Gasteiger partial charge is 0.313 e. The van der Waals surface area contributed by atoms with E-state index in [2.05, 4.69) is 5.32 Å². The molecule has 0 amide bonds. The molecule has 1 N–H and O–H groups in total. The minimum atomic E-state index is -1.43. The fourth-order valence-electron chi connectivity index (χ4n) is 1.59. The van der Waals surface area contributed by atoms with Gasteiger partial charge in [0.2, 0.25) is 0 Å². The second-order valence-corrected chi connectivity index (χ2v) is 5.05. The van der Waals surface area contributed by atoms with E-state index in [4.69, 9.17) is 0 Å². The van der Waals surface area contributed by atoms with E-state index < -0.39 is 17.5 Å². The Morgan fingerprint density at radius 3 is 2.44 bits per heavy atom. The average Bonchev–Trinajstić information content (AvgIpc) is 2.84. The lowest BCUT2D eigenvalue weighted by Crippen LogP contribution is -2.10. The number of thiophene rings is 1. The molecule has 1 atom stereocenters. The van der Waals surface area contributed by atoms with Crippen molar-refractivity contribution in [3.05, 3.63) is 46.6 Å². The molecule has 1 aromatic carbocycles. The zero-order chi connectivity index (χ0) is 13.3. The van der Waals surface area contributed by atoms with Crippen LogP contribution in [0.1, 0.15) is 17.8 Å². The Labute approximate surface area is 107 Å². The Kier molecular flexibility index (Phi) is 3.73. The van der Waals surface area contributed by atoms with Gasteiger partial charge in [-0.15, -0.1) is 11.3 Å². The van der Waals surface area contributed by atoms with Gasteiger partial charge in [0.1, 0.15) is 0 Å². The summed E-state index contributed by atoms with van der Waals surface area (Å²) in [5.41, 5.74) is 0.0912. The van der Waals surface area contributed by atoms with Crippen LogP contribution >= 0.6 is 11.3 Å². The first kappa shape index (κ1) is 13.1. The summed E-state index contributed by atoms with van der Waals surface area (Å²) < 4.78 is 39.6. The van der Waals surface area contributed by atoms with Gasteiger partial charge >= 0.3 is 0 Å². The van der Waals surface area contributed by atoms with Crippen LogP contribution in [0, 0.1) is 17.5 Å². The van der Waals surface area contributed by atoms with Crippen molar-refractivity contribution in [1.29, 1.82) is 0 Å². The molecule has 0 fully saturated rings. The van der Waals surface area contributed by atoms with Crippen LogP contribution in [-0.4, -0.2) is 7.05 Å². The van der Waals surface area contributed by atoms with Gasteiger partial charge in [-0.05, 0) is 38.2 Å². The van der Waals surface area contributed by atoms with Crippen molar-refractivity contribution in [2.24, 2.45) is 0 Å². The van der Waals surface area contributed by atoms with Gasteiger partial charge < -0.3 is 5.32 Å². The van der Waals surface area contributed by atoms with Gasteiger partial charge in [-0.2, -0.15) is 0 Å². The summed E-state index contributed by atoms with van der Waals surface area (Å²) in [5.74, 6) is -3.73. The normalized spacial score (nSPS) is 12.7. The molecule has 0 saturated carbocycles. The SMILES string of the molecule is CNC(C)c1ccc(-c2ccc(F)c(F)c2F)s1. The number of hydrogen-bond acceptors (Lipinski definition) is 2. The van der Waals surface area contributed by atoms with Crippen LogP contribution in [0.3, 0.4) is 0 Å². The highest BCUT2D eigenvalue weighted by Gasteiger charge is 2.16. The van der Waals surface area contributed by atoms with Gasteiger partial charge in [-0.3, -0.25) is 0 Å². The highest BCUT2D eigenvalue weighted by Crippen LogP contribution is 2.33. The molecule has 0 saturated heterocycles. The fraction of sp³-hybridized carbons (Fsp3) is 0.231. The molecule has 2 rings (SSSR count). The molecule has 1 nitrogen and oxygen atoms in total. The average molecular weight is 271 g/mol. The van der Waals surface area contributed by atoms with Crippen LogP contribution in [0.2, 0.25) is 0 Å². The van der Waals surface area contributed by atoms with Crippen molar-refractivity contribution < 1.29 is 13.2 Å². The molecule has 0 spiro atoms. The highest BCUT2D eigenvalue weighted by molar-refractivity contribution is 7.15. The summed E-state index contributed by atoms with van der Waals surface area (Å²) in [4.78, 5) is 1.60. The second kappa shape index (κ2) is 5.12. The molecule has 96 valence electrons. The van der Waals surface area contributed by atoms with Crippen LogP contribution in [0.4, 0.5) is 13.2 Å². The fourth-order valence-corrected chi connectivity index (χ4v) is 2.68. The van der Waals surface area contributed by atoms with Crippen LogP contribution < -0.4 is 5.32 Å². The third-order valence-corrected chi connectivity index (χ3v) is 4.09. The predicted molar refractivity (Wildman–Crippen MR) is 67.1 cm³/mol. The summed E-state index contributed by atoms with van der Waals surface area (Å²) in [7, 11) is 1.82. The van der Waals surface area contributed by atoms with Crippen LogP contribution in [0.15, 0.2) is 24.3 Å². The molecule has 1 unspecified atom stereocenters. The van der Waals surface area contributed by atoms with Crippen molar-refractivity contribution in [1.82, 2.24) is 5.32 Å². The Hall–Kier alpha value is -1.33. The maximum Gasteiger partial charge on any atom is 0.195 e. The lowest BCUT2D eigenvalue weighted by molar-refractivity contribution is 0.449. The summed E-state index contributed by atoms with van der Waals surface area (Å²) in [5, 5.41) is 3.06. The molecular weight excluding hydrogens is 259 g/mol. The maximum absolute atomic E-state index is 13.6. The molecule has 0 bridgehead atoms. The lowest BCUT2D eigenvalue weighted by Gasteiger charge is -2.06. The van der Waals surface area contributed by atoms with E-state index in [1.807, 2.05) is 20.0 Å². The van der Waals surface area contributed by atoms with Crippen molar-refractivity contribution >= 4 is 11.3 Å². The first-order valence-electron chi connectivity index (χ1n) is 5.45. The third-order valence-electron chi connectivity index (χ3n) is 2.79. The third kappa shape index (κ3) is 2.28. The molecule has 1 aromatic heterocycles. The van der Waals surface area contributed by atoms with Gasteiger partial charge in [-0.25, -0.2) is 13.2 Å². The molecule has 0 aliphatic heterocycles. The van der Waals surface area contributed by atoms with Gasteiger partial charge in [-0.1, -0.05) is 0 Å². The zero-order valence-corrected chi connectivity index (χ0v) is 10.7. The van der Waals surface area contributed by atoms with E-state index in [1.54, 1.807) is 6.07 Å². The molecule has 1 heterocycles. The van der Waals surface area contributed by atoms with Gasteiger partial charge in [0.15, 0.2) is 17.5 Å². The minimum absolute atomic E-state index is 0.0912. The van der Waals surface area contributed by atoms with Gasteiger partial charge in [0, 0.05) is 21.4 Å².